The highest BCUT2D eigenvalue weighted by Crippen LogP contribution is 2.24. The maximum absolute atomic E-state index is 11.6. The monoisotopic (exact) mass is 248 g/mol. The number of nitrogens with zero attached hydrogens (tertiary/aromatic N) is 1. The summed E-state index contributed by atoms with van der Waals surface area (Å²) in [4.78, 5) is 12.8. The van der Waals surface area contributed by atoms with Crippen molar-refractivity contribution in [1.82, 2.24) is 15.5 Å². The van der Waals surface area contributed by atoms with E-state index in [-0.39, 0.29) is 6.67 Å². The van der Waals surface area contributed by atoms with E-state index in [9.17, 15) is 15.0 Å². The molecule has 17 heavy (non-hydrogen) atoms. The second-order valence-corrected chi connectivity index (χ2v) is 3.99. The van der Waals surface area contributed by atoms with Gasteiger partial charge in [-0.25, -0.2) is 4.79 Å². The molecule has 2 aliphatic heterocycles. The van der Waals surface area contributed by atoms with Gasteiger partial charge < -0.3 is 25.4 Å². The van der Waals surface area contributed by atoms with Gasteiger partial charge in [0.1, 0.15) is 24.6 Å². The van der Waals surface area contributed by atoms with Crippen LogP contribution in [0.15, 0.2) is 0 Å². The van der Waals surface area contributed by atoms with Crippen molar-refractivity contribution in [2.75, 3.05) is 13.3 Å². The lowest BCUT2D eigenvalue weighted by atomic mass is 10.1. The second kappa shape index (κ2) is 4.72. The molecule has 0 aromatic rings. The number of aliphatic hydroxyl groups excluding tert-OH is 3. The third-order valence-electron chi connectivity index (χ3n) is 2.85. The maximum atomic E-state index is 11.6. The van der Waals surface area contributed by atoms with Gasteiger partial charge >= 0.3 is 6.03 Å². The van der Waals surface area contributed by atoms with Crippen molar-refractivity contribution in [3.05, 3.63) is 0 Å². The van der Waals surface area contributed by atoms with Crippen LogP contribution in [-0.2, 0) is 4.74 Å². The summed E-state index contributed by atoms with van der Waals surface area (Å²) in [5, 5.41) is 33.4. The van der Waals surface area contributed by atoms with E-state index in [4.69, 9.17) is 15.6 Å². The molecule has 2 aliphatic rings. The largest absolute Gasteiger partial charge is 0.394 e. The molecule has 0 spiro atoms. The van der Waals surface area contributed by atoms with E-state index >= 15 is 0 Å². The molecule has 7 N–H and O–H groups in total. The number of ether oxygens (including phenoxy) is 1. The molecule has 2 amide bonds. The molecule has 2 rings (SSSR count). The molecule has 0 aliphatic carbocycles. The van der Waals surface area contributed by atoms with Crippen LogP contribution in [0.25, 0.3) is 0 Å². The molecule has 2 saturated heterocycles. The van der Waals surface area contributed by atoms with Crippen LogP contribution >= 0.6 is 0 Å². The van der Waals surface area contributed by atoms with Crippen LogP contribution in [0.3, 0.4) is 0 Å². The Bertz CT molecular complexity index is 304. The molecular weight excluding hydrogens is 232 g/mol. The standard InChI is InChI=1S/C8H16N4O5/c9-7-10-2-12(8(16)11-7)6-5(15)4(14)3(1-13)17-6/h3-7,10,13-15H,1-2,9H2,(H,11,16)/t3-,4-,5-,6+,7?/m1/s1. The Labute approximate surface area is 97.1 Å². The topological polar surface area (TPSA) is 140 Å². The Hall–Kier alpha value is -0.970. The van der Waals surface area contributed by atoms with E-state index < -0.39 is 43.5 Å². The van der Waals surface area contributed by atoms with Gasteiger partial charge in [-0.15, -0.1) is 0 Å². The minimum Gasteiger partial charge on any atom is -0.394 e. The van der Waals surface area contributed by atoms with Crippen LogP contribution in [0.2, 0.25) is 0 Å². The highest BCUT2D eigenvalue weighted by Gasteiger charge is 2.47. The van der Waals surface area contributed by atoms with E-state index in [0.29, 0.717) is 0 Å². The lowest BCUT2D eigenvalue weighted by molar-refractivity contribution is -0.0865. The predicted octanol–water partition coefficient (Wildman–Crippen LogP) is -3.76. The fourth-order valence-electron chi connectivity index (χ4n) is 1.88. The highest BCUT2D eigenvalue weighted by molar-refractivity contribution is 5.75. The van der Waals surface area contributed by atoms with Crippen LogP contribution in [0.5, 0.6) is 0 Å². The molecule has 0 aromatic heterocycles. The van der Waals surface area contributed by atoms with Crippen LogP contribution in [-0.4, -0.2) is 70.4 Å². The number of nitrogens with one attached hydrogen (secondary N) is 2. The summed E-state index contributed by atoms with van der Waals surface area (Å²) in [5.41, 5.74) is 5.44. The summed E-state index contributed by atoms with van der Waals surface area (Å²) < 4.78 is 5.21. The summed E-state index contributed by atoms with van der Waals surface area (Å²) in [6.45, 7) is -0.350. The minimum atomic E-state index is -1.27. The molecule has 9 nitrogen and oxygen atoms in total. The number of hydrogen-bond donors (Lipinski definition) is 6. The van der Waals surface area contributed by atoms with E-state index in [0.717, 1.165) is 4.90 Å². The third-order valence-corrected chi connectivity index (χ3v) is 2.85. The molecule has 0 bridgehead atoms. The zero-order chi connectivity index (χ0) is 12.6. The first-order chi connectivity index (χ1) is 8.04. The zero-order valence-corrected chi connectivity index (χ0v) is 8.98. The Morgan fingerprint density at radius 3 is 2.71 bits per heavy atom. The Kier molecular flexibility index (Phi) is 3.47. The van der Waals surface area contributed by atoms with E-state index in [2.05, 4.69) is 10.6 Å². The predicted molar refractivity (Wildman–Crippen MR) is 54.1 cm³/mol. The van der Waals surface area contributed by atoms with E-state index in [1.165, 1.54) is 0 Å². The van der Waals surface area contributed by atoms with Crippen LogP contribution in [0.1, 0.15) is 0 Å². The van der Waals surface area contributed by atoms with Crippen molar-refractivity contribution in [2.45, 2.75) is 30.8 Å². The van der Waals surface area contributed by atoms with Crippen molar-refractivity contribution in [1.29, 1.82) is 0 Å². The second-order valence-electron chi connectivity index (χ2n) is 3.99. The number of aliphatic hydroxyl groups is 3. The van der Waals surface area contributed by atoms with Crippen molar-refractivity contribution in [3.8, 4) is 0 Å². The van der Waals surface area contributed by atoms with Crippen molar-refractivity contribution in [2.24, 2.45) is 5.73 Å². The SMILES string of the molecule is NC1NCN([C@H]2O[C@H](CO)[C@@H](O)[C@H]2O)C(=O)N1. The van der Waals surface area contributed by atoms with Gasteiger partial charge in [0.05, 0.1) is 13.3 Å². The Balaban J connectivity index is 2.05. The molecule has 9 heteroatoms. The summed E-state index contributed by atoms with van der Waals surface area (Å²) in [7, 11) is 0. The van der Waals surface area contributed by atoms with Gasteiger partial charge in [0, 0.05) is 0 Å². The number of amides is 2. The first kappa shape index (κ1) is 12.5. The number of nitrogens with two attached hydrogens (primary N) is 1. The Morgan fingerprint density at radius 1 is 1.47 bits per heavy atom. The normalized spacial score (nSPS) is 42.7. The lowest BCUT2D eigenvalue weighted by Crippen LogP contribution is -2.67. The van der Waals surface area contributed by atoms with Crippen molar-refractivity contribution in [3.63, 3.8) is 0 Å². The number of hydrogen-bond acceptors (Lipinski definition) is 7. The average molecular weight is 248 g/mol. The van der Waals surface area contributed by atoms with E-state index in [1.54, 1.807) is 0 Å². The molecule has 98 valence electrons. The molecule has 0 radical (unpaired) electrons. The number of carbonyl (C=O) groups is 1. The van der Waals surface area contributed by atoms with E-state index in [1.807, 2.05) is 0 Å². The van der Waals surface area contributed by atoms with Gasteiger partial charge in [0.15, 0.2) is 6.23 Å². The summed E-state index contributed by atoms with van der Waals surface area (Å²) in [6, 6.07) is -0.508. The maximum Gasteiger partial charge on any atom is 0.322 e. The third kappa shape index (κ3) is 2.20. The average Bonchev–Trinajstić information content (AvgIpc) is 2.57. The van der Waals surface area contributed by atoms with Gasteiger partial charge in [-0.1, -0.05) is 0 Å². The molecule has 1 unspecified atom stereocenters. The molecular formula is C8H16N4O5. The summed E-state index contributed by atoms with van der Waals surface area (Å²) in [6.07, 6.45) is -5.07. The first-order valence-corrected chi connectivity index (χ1v) is 5.23. The van der Waals surface area contributed by atoms with Crippen LogP contribution < -0.4 is 16.4 Å². The number of carbonyl (C=O) groups excluding carboxylic acids is 1. The quantitative estimate of drug-likeness (QED) is 0.295. The highest BCUT2D eigenvalue weighted by atomic mass is 16.6. The molecule has 2 heterocycles. The van der Waals surface area contributed by atoms with Crippen molar-refractivity contribution < 1.29 is 24.9 Å². The molecule has 5 atom stereocenters. The molecule has 0 aromatic carbocycles. The number of urea groups is 1. The van der Waals surface area contributed by atoms with Crippen LogP contribution in [0, 0.1) is 0 Å². The van der Waals surface area contributed by atoms with Crippen molar-refractivity contribution >= 4 is 6.03 Å². The van der Waals surface area contributed by atoms with Gasteiger partial charge in [0.25, 0.3) is 0 Å². The van der Waals surface area contributed by atoms with Gasteiger partial charge in [-0.2, -0.15) is 0 Å². The first-order valence-electron chi connectivity index (χ1n) is 5.23. The van der Waals surface area contributed by atoms with Gasteiger partial charge in [0.2, 0.25) is 0 Å². The molecule has 0 saturated carbocycles. The zero-order valence-electron chi connectivity index (χ0n) is 8.98. The summed E-state index contributed by atoms with van der Waals surface area (Å²) in [5.74, 6) is 0. The van der Waals surface area contributed by atoms with Crippen LogP contribution in [0.4, 0.5) is 4.79 Å². The van der Waals surface area contributed by atoms with Gasteiger partial charge in [-0.3, -0.25) is 16.0 Å². The fourth-order valence-corrected chi connectivity index (χ4v) is 1.88. The minimum absolute atomic E-state index is 0.0829. The van der Waals surface area contributed by atoms with Gasteiger partial charge in [-0.05, 0) is 0 Å². The summed E-state index contributed by atoms with van der Waals surface area (Å²) >= 11 is 0. The molecule has 2 fully saturated rings. The Morgan fingerprint density at radius 2 is 2.18 bits per heavy atom. The smallest absolute Gasteiger partial charge is 0.322 e. The fraction of sp³-hybridized carbons (Fsp3) is 0.875. The number of rotatable bonds is 2. The lowest BCUT2D eigenvalue weighted by Gasteiger charge is -2.36.